The summed E-state index contributed by atoms with van der Waals surface area (Å²) in [6.45, 7) is 0.536. The Kier molecular flexibility index (Phi) is 6.49. The topological polar surface area (TPSA) is 104 Å². The Morgan fingerprint density at radius 3 is 2.50 bits per heavy atom. The van der Waals surface area contributed by atoms with Crippen LogP contribution in [0, 0.1) is 5.92 Å². The van der Waals surface area contributed by atoms with Gasteiger partial charge < -0.3 is 21.5 Å². The van der Waals surface area contributed by atoms with E-state index >= 15 is 0 Å². The number of carbonyl (C=O) groups is 2. The van der Waals surface area contributed by atoms with Crippen molar-refractivity contribution in [2.45, 2.75) is 44.6 Å². The van der Waals surface area contributed by atoms with Crippen LogP contribution < -0.4 is 16.4 Å². The van der Waals surface area contributed by atoms with Crippen molar-refractivity contribution in [1.29, 1.82) is 0 Å². The Hall–Kier alpha value is -1.30. The first-order valence-corrected chi connectivity index (χ1v) is 6.56. The van der Waals surface area contributed by atoms with Crippen molar-refractivity contribution in [3.8, 4) is 0 Å². The normalized spacial score (nSPS) is 18.2. The van der Waals surface area contributed by atoms with E-state index in [2.05, 4.69) is 10.6 Å². The third kappa shape index (κ3) is 6.44. The lowest BCUT2D eigenvalue weighted by Gasteiger charge is -2.26. The maximum Gasteiger partial charge on any atom is 0.404 e. The van der Waals surface area contributed by atoms with E-state index in [9.17, 15) is 9.59 Å². The third-order valence-electron chi connectivity index (χ3n) is 3.36. The molecule has 0 spiro atoms. The van der Waals surface area contributed by atoms with Crippen LogP contribution in [-0.2, 0) is 4.79 Å². The van der Waals surface area contributed by atoms with E-state index in [0.717, 1.165) is 6.42 Å². The van der Waals surface area contributed by atoms with Crippen LogP contribution >= 0.6 is 0 Å². The number of hydrogen-bond donors (Lipinski definition) is 4. The van der Waals surface area contributed by atoms with Gasteiger partial charge in [-0.15, -0.1) is 0 Å². The predicted molar refractivity (Wildman–Crippen MR) is 68.2 cm³/mol. The van der Waals surface area contributed by atoms with E-state index in [0.29, 0.717) is 12.5 Å². The summed E-state index contributed by atoms with van der Waals surface area (Å²) in [5, 5.41) is 14.2. The average Bonchev–Trinajstić information content (AvgIpc) is 2.28. The number of nitrogens with one attached hydrogen (secondary N) is 2. The SMILES string of the molecule is NC(=O)CNC[C@H](CC1CCCCC1)NC(=O)O. The number of carbonyl (C=O) groups excluding carboxylic acids is 1. The largest absolute Gasteiger partial charge is 0.465 e. The van der Waals surface area contributed by atoms with Crippen LogP contribution in [0.2, 0.25) is 0 Å². The average molecular weight is 257 g/mol. The molecule has 5 N–H and O–H groups in total. The number of rotatable bonds is 7. The van der Waals surface area contributed by atoms with Crippen LogP contribution in [0.5, 0.6) is 0 Å². The molecule has 0 aromatic carbocycles. The molecule has 1 fully saturated rings. The van der Waals surface area contributed by atoms with E-state index in [1.807, 2.05) is 0 Å². The number of hydrogen-bond acceptors (Lipinski definition) is 3. The summed E-state index contributed by atoms with van der Waals surface area (Å²) in [4.78, 5) is 21.3. The lowest BCUT2D eigenvalue weighted by atomic mass is 9.85. The summed E-state index contributed by atoms with van der Waals surface area (Å²) in [5.74, 6) is 0.160. The van der Waals surface area contributed by atoms with Crippen molar-refractivity contribution in [3.63, 3.8) is 0 Å². The van der Waals surface area contributed by atoms with Gasteiger partial charge in [0, 0.05) is 12.6 Å². The van der Waals surface area contributed by atoms with Crippen LogP contribution in [0.4, 0.5) is 4.79 Å². The molecule has 1 aliphatic carbocycles. The van der Waals surface area contributed by atoms with Crippen molar-refractivity contribution >= 4 is 12.0 Å². The van der Waals surface area contributed by atoms with Gasteiger partial charge in [0.05, 0.1) is 6.54 Å². The molecular formula is C12H23N3O3. The molecule has 0 aromatic rings. The van der Waals surface area contributed by atoms with Gasteiger partial charge in [-0.3, -0.25) is 4.79 Å². The molecule has 1 saturated carbocycles. The summed E-state index contributed by atoms with van der Waals surface area (Å²) in [5.41, 5.74) is 5.03. The van der Waals surface area contributed by atoms with E-state index in [4.69, 9.17) is 10.8 Å². The molecule has 1 aliphatic rings. The first-order valence-electron chi connectivity index (χ1n) is 6.56. The lowest BCUT2D eigenvalue weighted by molar-refractivity contribution is -0.117. The molecule has 104 valence electrons. The van der Waals surface area contributed by atoms with Crippen LogP contribution in [0.25, 0.3) is 0 Å². The molecule has 0 aromatic heterocycles. The maximum atomic E-state index is 10.7. The highest BCUT2D eigenvalue weighted by atomic mass is 16.4. The van der Waals surface area contributed by atoms with Gasteiger partial charge in [0.25, 0.3) is 0 Å². The zero-order valence-corrected chi connectivity index (χ0v) is 10.7. The van der Waals surface area contributed by atoms with Crippen molar-refractivity contribution in [3.05, 3.63) is 0 Å². The molecule has 0 aliphatic heterocycles. The van der Waals surface area contributed by atoms with Crippen molar-refractivity contribution in [2.24, 2.45) is 11.7 Å². The number of amides is 2. The fourth-order valence-corrected chi connectivity index (χ4v) is 2.56. The Morgan fingerprint density at radius 2 is 1.94 bits per heavy atom. The number of primary amides is 1. The highest BCUT2D eigenvalue weighted by molar-refractivity contribution is 5.75. The second kappa shape index (κ2) is 7.92. The molecular weight excluding hydrogens is 234 g/mol. The molecule has 2 amide bonds. The Labute approximate surface area is 107 Å². The quantitative estimate of drug-likeness (QED) is 0.538. The van der Waals surface area contributed by atoms with Crippen LogP contribution in [-0.4, -0.2) is 36.2 Å². The van der Waals surface area contributed by atoms with Gasteiger partial charge in [-0.05, 0) is 12.3 Å². The first-order chi connectivity index (χ1) is 8.58. The zero-order chi connectivity index (χ0) is 13.4. The molecule has 1 atom stereocenters. The number of nitrogens with two attached hydrogens (primary N) is 1. The minimum absolute atomic E-state index is 0.0858. The Bertz CT molecular complexity index is 278. The maximum absolute atomic E-state index is 10.7. The van der Waals surface area contributed by atoms with Gasteiger partial charge in [0.2, 0.25) is 5.91 Å². The molecule has 6 nitrogen and oxygen atoms in total. The summed E-state index contributed by atoms with van der Waals surface area (Å²) in [6.07, 6.45) is 5.92. The first kappa shape index (κ1) is 14.8. The van der Waals surface area contributed by atoms with Crippen LogP contribution in [0.3, 0.4) is 0 Å². The monoisotopic (exact) mass is 257 g/mol. The molecule has 1 rings (SSSR count). The second-order valence-electron chi connectivity index (χ2n) is 4.98. The summed E-state index contributed by atoms with van der Waals surface area (Å²) >= 11 is 0. The van der Waals surface area contributed by atoms with Gasteiger partial charge in [-0.25, -0.2) is 4.79 Å². The smallest absolute Gasteiger partial charge is 0.404 e. The predicted octanol–water partition coefficient (Wildman–Crippen LogP) is 0.668. The molecule has 0 saturated heterocycles. The van der Waals surface area contributed by atoms with E-state index < -0.39 is 12.0 Å². The van der Waals surface area contributed by atoms with Crippen LogP contribution in [0.1, 0.15) is 38.5 Å². The van der Waals surface area contributed by atoms with Crippen LogP contribution in [0.15, 0.2) is 0 Å². The Morgan fingerprint density at radius 1 is 1.28 bits per heavy atom. The summed E-state index contributed by atoms with van der Waals surface area (Å²) in [6, 6.07) is -0.148. The number of carboxylic acid groups (broad SMARTS) is 1. The fraction of sp³-hybridized carbons (Fsp3) is 0.833. The summed E-state index contributed by atoms with van der Waals surface area (Å²) < 4.78 is 0. The fourth-order valence-electron chi connectivity index (χ4n) is 2.56. The lowest BCUT2D eigenvalue weighted by Crippen LogP contribution is -2.44. The molecule has 18 heavy (non-hydrogen) atoms. The molecule has 0 radical (unpaired) electrons. The van der Waals surface area contributed by atoms with Gasteiger partial charge in [0.15, 0.2) is 0 Å². The minimum Gasteiger partial charge on any atom is -0.465 e. The van der Waals surface area contributed by atoms with E-state index in [1.165, 1.54) is 32.1 Å². The highest BCUT2D eigenvalue weighted by Crippen LogP contribution is 2.27. The van der Waals surface area contributed by atoms with Crippen molar-refractivity contribution in [1.82, 2.24) is 10.6 Å². The zero-order valence-electron chi connectivity index (χ0n) is 10.7. The second-order valence-corrected chi connectivity index (χ2v) is 4.98. The molecule has 0 unspecified atom stereocenters. The molecule has 0 heterocycles. The molecule has 6 heteroatoms. The van der Waals surface area contributed by atoms with Gasteiger partial charge in [0.1, 0.15) is 0 Å². The van der Waals surface area contributed by atoms with Gasteiger partial charge >= 0.3 is 6.09 Å². The summed E-state index contributed by atoms with van der Waals surface area (Å²) in [7, 11) is 0. The standard InChI is InChI=1S/C12H23N3O3/c13-11(16)8-14-7-10(15-12(17)18)6-9-4-2-1-3-5-9/h9-10,14-15H,1-8H2,(H2,13,16)(H,17,18)/t10-/m0/s1. The van der Waals surface area contributed by atoms with Gasteiger partial charge in [-0.1, -0.05) is 32.1 Å². The van der Waals surface area contributed by atoms with Gasteiger partial charge in [-0.2, -0.15) is 0 Å². The Balaban J connectivity index is 2.33. The van der Waals surface area contributed by atoms with Crippen molar-refractivity contribution < 1.29 is 14.7 Å². The highest BCUT2D eigenvalue weighted by Gasteiger charge is 2.20. The van der Waals surface area contributed by atoms with E-state index in [-0.39, 0.29) is 12.6 Å². The van der Waals surface area contributed by atoms with E-state index in [1.54, 1.807) is 0 Å². The minimum atomic E-state index is -1.02. The third-order valence-corrected chi connectivity index (χ3v) is 3.36. The molecule has 0 bridgehead atoms. The van der Waals surface area contributed by atoms with Crippen molar-refractivity contribution in [2.75, 3.05) is 13.1 Å².